The van der Waals surface area contributed by atoms with Crippen molar-refractivity contribution in [3.8, 4) is 0 Å². The highest BCUT2D eigenvalue weighted by atomic mass is 16.4. The fraction of sp³-hybridized carbons (Fsp3) is 0.500. The summed E-state index contributed by atoms with van der Waals surface area (Å²) in [6.07, 6.45) is 1.38. The number of hydrogen-bond acceptors (Lipinski definition) is 3. The number of carbonyl (C=O) groups is 3. The van der Waals surface area contributed by atoms with Gasteiger partial charge in [-0.2, -0.15) is 0 Å². The minimum absolute atomic E-state index is 0.133. The third-order valence-electron chi connectivity index (χ3n) is 5.20. The van der Waals surface area contributed by atoms with E-state index in [0.29, 0.717) is 13.0 Å². The Morgan fingerprint density at radius 2 is 1.88 bits per heavy atom. The Hall–Kier alpha value is -2.37. The molecule has 24 heavy (non-hydrogen) atoms. The summed E-state index contributed by atoms with van der Waals surface area (Å²) in [5.74, 6) is -2.68. The molecule has 2 N–H and O–H groups in total. The monoisotopic (exact) mass is 330 g/mol. The van der Waals surface area contributed by atoms with E-state index >= 15 is 0 Å². The molecule has 3 rings (SSSR count). The number of piperidine rings is 1. The van der Waals surface area contributed by atoms with Crippen molar-refractivity contribution < 1.29 is 19.5 Å². The lowest BCUT2D eigenvalue weighted by atomic mass is 10.0. The maximum Gasteiger partial charge on any atom is 0.307 e. The molecule has 2 amide bonds. The highest BCUT2D eigenvalue weighted by Crippen LogP contribution is 2.58. The predicted molar refractivity (Wildman–Crippen MR) is 88.4 cm³/mol. The molecule has 128 valence electrons. The Morgan fingerprint density at radius 3 is 2.46 bits per heavy atom. The van der Waals surface area contributed by atoms with Crippen LogP contribution in [0.1, 0.15) is 26.7 Å². The highest BCUT2D eigenvalue weighted by Gasteiger charge is 2.66. The third-order valence-corrected chi connectivity index (χ3v) is 5.20. The molecule has 1 unspecified atom stereocenters. The molecule has 1 aliphatic carbocycles. The molecular formula is C18H22N2O4. The maximum absolute atomic E-state index is 12.7. The molecule has 6 heteroatoms. The van der Waals surface area contributed by atoms with Gasteiger partial charge in [0.2, 0.25) is 11.8 Å². The standard InChI is InChI=1S/C18H22N2O4/c1-18(2)13(14(18)17(23)24)15(21)19-12-9-6-10-20(16(12)22)11-7-4-3-5-8-11/h3-5,7-8,12-14H,6,9-10H2,1-2H3,(H,19,21)(H,23,24)/t12?,13-,14+/m1/s1. The minimum atomic E-state index is -0.957. The van der Waals surface area contributed by atoms with E-state index in [4.69, 9.17) is 0 Å². The van der Waals surface area contributed by atoms with E-state index in [-0.39, 0.29) is 11.8 Å². The summed E-state index contributed by atoms with van der Waals surface area (Å²) in [7, 11) is 0. The molecular weight excluding hydrogens is 308 g/mol. The van der Waals surface area contributed by atoms with Gasteiger partial charge in [-0.15, -0.1) is 0 Å². The number of carbonyl (C=O) groups excluding carboxylic acids is 2. The Bertz CT molecular complexity index is 671. The number of rotatable bonds is 4. The molecule has 0 aromatic heterocycles. The van der Waals surface area contributed by atoms with E-state index in [2.05, 4.69) is 5.32 Å². The maximum atomic E-state index is 12.7. The van der Waals surface area contributed by atoms with Gasteiger partial charge in [0.05, 0.1) is 11.8 Å². The van der Waals surface area contributed by atoms with E-state index in [0.717, 1.165) is 12.1 Å². The van der Waals surface area contributed by atoms with Crippen molar-refractivity contribution in [2.45, 2.75) is 32.7 Å². The van der Waals surface area contributed by atoms with Crippen LogP contribution < -0.4 is 10.2 Å². The number of anilines is 1. The molecule has 1 aromatic rings. The molecule has 2 fully saturated rings. The lowest BCUT2D eigenvalue weighted by Gasteiger charge is -2.32. The molecule has 0 spiro atoms. The van der Waals surface area contributed by atoms with E-state index in [1.54, 1.807) is 18.7 Å². The Labute approximate surface area is 140 Å². The molecule has 0 bridgehead atoms. The second kappa shape index (κ2) is 5.92. The van der Waals surface area contributed by atoms with Gasteiger partial charge in [-0.3, -0.25) is 14.4 Å². The third kappa shape index (κ3) is 2.77. The number of benzene rings is 1. The molecule has 1 aliphatic heterocycles. The smallest absolute Gasteiger partial charge is 0.307 e. The van der Waals surface area contributed by atoms with Crippen LogP contribution in [0.5, 0.6) is 0 Å². The van der Waals surface area contributed by atoms with Crippen LogP contribution in [0.25, 0.3) is 0 Å². The van der Waals surface area contributed by atoms with Gasteiger partial charge in [0.25, 0.3) is 0 Å². The summed E-state index contributed by atoms with van der Waals surface area (Å²) in [5, 5.41) is 12.0. The summed E-state index contributed by atoms with van der Waals surface area (Å²) in [4.78, 5) is 38.0. The predicted octanol–water partition coefficient (Wildman–Crippen LogP) is 1.65. The van der Waals surface area contributed by atoms with Crippen molar-refractivity contribution >= 4 is 23.5 Å². The quantitative estimate of drug-likeness (QED) is 0.879. The summed E-state index contributed by atoms with van der Waals surface area (Å²) in [6.45, 7) is 4.17. The molecule has 0 radical (unpaired) electrons. The number of carboxylic acid groups (broad SMARTS) is 1. The van der Waals surface area contributed by atoms with E-state index in [9.17, 15) is 19.5 Å². The number of nitrogens with one attached hydrogen (secondary N) is 1. The number of amides is 2. The largest absolute Gasteiger partial charge is 0.481 e. The van der Waals surface area contributed by atoms with Crippen molar-refractivity contribution in [3.63, 3.8) is 0 Å². The van der Waals surface area contributed by atoms with Gasteiger partial charge in [0.1, 0.15) is 6.04 Å². The van der Waals surface area contributed by atoms with Crippen molar-refractivity contribution in [1.82, 2.24) is 5.32 Å². The number of aliphatic carboxylic acids is 1. The Morgan fingerprint density at radius 1 is 1.21 bits per heavy atom. The van der Waals surface area contributed by atoms with Gasteiger partial charge in [0, 0.05) is 12.2 Å². The first kappa shape index (κ1) is 16.5. The van der Waals surface area contributed by atoms with Crippen molar-refractivity contribution in [3.05, 3.63) is 30.3 Å². The fourth-order valence-electron chi connectivity index (χ4n) is 3.72. The number of nitrogens with zero attached hydrogens (tertiary/aromatic N) is 1. The molecule has 1 saturated heterocycles. The topological polar surface area (TPSA) is 86.7 Å². The van der Waals surface area contributed by atoms with E-state index in [1.165, 1.54) is 0 Å². The number of hydrogen-bond donors (Lipinski definition) is 2. The van der Waals surface area contributed by atoms with Crippen LogP contribution in [0.2, 0.25) is 0 Å². The average Bonchev–Trinajstić information content (AvgIpc) is 3.13. The van der Waals surface area contributed by atoms with Gasteiger partial charge in [-0.1, -0.05) is 32.0 Å². The van der Waals surface area contributed by atoms with Crippen LogP contribution in [0.15, 0.2) is 30.3 Å². The summed E-state index contributed by atoms with van der Waals surface area (Å²) in [5.41, 5.74) is 0.254. The molecule has 3 atom stereocenters. The van der Waals surface area contributed by atoms with Gasteiger partial charge in [-0.05, 0) is 30.4 Å². The molecule has 2 aliphatic rings. The molecule has 1 heterocycles. The first-order chi connectivity index (χ1) is 11.3. The number of para-hydroxylation sites is 1. The number of carboxylic acids is 1. The van der Waals surface area contributed by atoms with E-state index in [1.807, 2.05) is 30.3 Å². The zero-order valence-electron chi connectivity index (χ0n) is 13.9. The first-order valence-electron chi connectivity index (χ1n) is 8.23. The van der Waals surface area contributed by atoms with Crippen molar-refractivity contribution in [1.29, 1.82) is 0 Å². The molecule has 1 saturated carbocycles. The highest BCUT2D eigenvalue weighted by molar-refractivity contribution is 6.01. The van der Waals surface area contributed by atoms with E-state index < -0.39 is 29.3 Å². The van der Waals surface area contributed by atoms with Gasteiger partial charge >= 0.3 is 5.97 Å². The minimum Gasteiger partial charge on any atom is -0.481 e. The normalized spacial score (nSPS) is 28.3. The second-order valence-electron chi connectivity index (χ2n) is 7.14. The van der Waals surface area contributed by atoms with Crippen LogP contribution >= 0.6 is 0 Å². The first-order valence-corrected chi connectivity index (χ1v) is 8.23. The zero-order chi connectivity index (χ0) is 17.5. The lowest BCUT2D eigenvalue weighted by molar-refractivity contribution is -0.140. The van der Waals surface area contributed by atoms with Gasteiger partial charge in [-0.25, -0.2) is 0 Å². The second-order valence-corrected chi connectivity index (χ2v) is 7.14. The summed E-state index contributed by atoms with van der Waals surface area (Å²) >= 11 is 0. The van der Waals surface area contributed by atoms with Crippen LogP contribution in [-0.4, -0.2) is 35.5 Å². The van der Waals surface area contributed by atoms with Gasteiger partial charge in [0.15, 0.2) is 0 Å². The molecule has 6 nitrogen and oxygen atoms in total. The van der Waals surface area contributed by atoms with Gasteiger partial charge < -0.3 is 15.3 Å². The van der Waals surface area contributed by atoms with Crippen LogP contribution in [-0.2, 0) is 14.4 Å². The summed E-state index contributed by atoms with van der Waals surface area (Å²) < 4.78 is 0. The van der Waals surface area contributed by atoms with Crippen LogP contribution in [0.3, 0.4) is 0 Å². The van der Waals surface area contributed by atoms with Crippen molar-refractivity contribution in [2.75, 3.05) is 11.4 Å². The molecule has 1 aromatic carbocycles. The Kier molecular flexibility index (Phi) is 4.07. The Balaban J connectivity index is 1.68. The fourth-order valence-corrected chi connectivity index (χ4v) is 3.72. The lowest BCUT2D eigenvalue weighted by Crippen LogP contribution is -2.53. The SMILES string of the molecule is CC1(C)[C@H](C(=O)O)[C@@H]1C(=O)NC1CCCN(c2ccccc2)C1=O. The zero-order valence-corrected chi connectivity index (χ0v) is 13.9. The summed E-state index contributed by atoms with van der Waals surface area (Å²) in [6, 6.07) is 8.78. The van der Waals surface area contributed by atoms with Crippen LogP contribution in [0, 0.1) is 17.3 Å². The average molecular weight is 330 g/mol. The van der Waals surface area contributed by atoms with Crippen molar-refractivity contribution in [2.24, 2.45) is 17.3 Å². The van der Waals surface area contributed by atoms with Crippen LogP contribution in [0.4, 0.5) is 5.69 Å².